The van der Waals surface area contributed by atoms with Gasteiger partial charge in [-0.1, -0.05) is 51.1 Å². The summed E-state index contributed by atoms with van der Waals surface area (Å²) in [6, 6.07) is 10.1. The van der Waals surface area contributed by atoms with E-state index in [-0.39, 0.29) is 5.04 Å². The Balaban J connectivity index is 2.50. The fraction of sp³-hybridized carbons (Fsp3) is 0.667. The highest BCUT2D eigenvalue weighted by Crippen LogP contribution is 2.66. The third-order valence-electron chi connectivity index (χ3n) is 5.54. The SMILES string of the molecule is CN1CCCN(C)P1(=O)C(O[Si](C)(C)C(C)(C)C)c1ccccc1. The normalized spacial score (nSPS) is 21.6. The average molecular weight is 369 g/mol. The Labute approximate surface area is 148 Å². The quantitative estimate of drug-likeness (QED) is 0.542. The highest BCUT2D eigenvalue weighted by atomic mass is 31.2. The van der Waals surface area contributed by atoms with Gasteiger partial charge in [0.1, 0.15) is 0 Å². The van der Waals surface area contributed by atoms with Crippen LogP contribution in [0.2, 0.25) is 18.1 Å². The molecule has 0 aliphatic carbocycles. The fourth-order valence-corrected chi connectivity index (χ4v) is 7.88. The molecular weight excluding hydrogens is 335 g/mol. The summed E-state index contributed by atoms with van der Waals surface area (Å²) in [5.74, 6) is -0.394. The van der Waals surface area contributed by atoms with Crippen molar-refractivity contribution in [3.05, 3.63) is 35.9 Å². The molecular formula is C18H33N2O2PSi. The number of rotatable bonds is 4. The Morgan fingerprint density at radius 1 is 1.08 bits per heavy atom. The van der Waals surface area contributed by atoms with Gasteiger partial charge in [0.25, 0.3) is 0 Å². The van der Waals surface area contributed by atoms with Gasteiger partial charge < -0.3 is 4.43 Å². The van der Waals surface area contributed by atoms with Gasteiger partial charge in [0.05, 0.1) is 0 Å². The molecule has 1 atom stereocenters. The van der Waals surface area contributed by atoms with E-state index in [0.29, 0.717) is 0 Å². The second-order valence-corrected chi connectivity index (χ2v) is 16.1. The molecule has 1 aromatic carbocycles. The lowest BCUT2D eigenvalue weighted by atomic mass is 10.2. The van der Waals surface area contributed by atoms with E-state index in [2.05, 4.69) is 33.9 Å². The van der Waals surface area contributed by atoms with Crippen molar-refractivity contribution < 1.29 is 8.99 Å². The first kappa shape index (κ1) is 19.9. The molecule has 0 bridgehead atoms. The van der Waals surface area contributed by atoms with E-state index < -0.39 is 21.6 Å². The molecule has 2 rings (SSSR count). The van der Waals surface area contributed by atoms with Crippen molar-refractivity contribution >= 4 is 15.8 Å². The molecule has 0 radical (unpaired) electrons. The highest BCUT2D eigenvalue weighted by molar-refractivity contribution is 7.59. The average Bonchev–Trinajstić information content (AvgIpc) is 2.50. The summed E-state index contributed by atoms with van der Waals surface area (Å²) < 4.78 is 25.0. The van der Waals surface area contributed by atoms with Gasteiger partial charge in [-0.15, -0.1) is 0 Å². The van der Waals surface area contributed by atoms with Crippen LogP contribution in [0.15, 0.2) is 30.3 Å². The molecule has 1 fully saturated rings. The Morgan fingerprint density at radius 2 is 1.58 bits per heavy atom. The van der Waals surface area contributed by atoms with Crippen molar-refractivity contribution in [1.82, 2.24) is 9.34 Å². The molecule has 1 saturated heterocycles. The zero-order chi connectivity index (χ0) is 18.2. The molecule has 1 unspecified atom stereocenters. The van der Waals surface area contributed by atoms with Gasteiger partial charge >= 0.3 is 0 Å². The predicted octanol–water partition coefficient (Wildman–Crippen LogP) is 5.17. The van der Waals surface area contributed by atoms with Gasteiger partial charge in [-0.05, 0) is 44.2 Å². The van der Waals surface area contributed by atoms with E-state index in [1.165, 1.54) is 0 Å². The lowest BCUT2D eigenvalue weighted by Crippen LogP contribution is -2.45. The van der Waals surface area contributed by atoms with Crippen LogP contribution in [-0.2, 0) is 8.99 Å². The minimum absolute atomic E-state index is 0.0755. The van der Waals surface area contributed by atoms with Gasteiger partial charge in [0.15, 0.2) is 14.2 Å². The number of benzene rings is 1. The van der Waals surface area contributed by atoms with Crippen LogP contribution >= 0.6 is 7.44 Å². The molecule has 1 aliphatic rings. The van der Waals surface area contributed by atoms with Crippen molar-refractivity contribution in [1.29, 1.82) is 0 Å². The standard InChI is InChI=1S/C18H33N2O2PSi/c1-18(2,3)24(6,7)22-17(16-12-9-8-10-13-16)23(21)19(4)14-11-15-20(23)5/h8-10,12-13,17H,11,14-15H2,1-7H3. The topological polar surface area (TPSA) is 32.8 Å². The van der Waals surface area contributed by atoms with Gasteiger partial charge in [-0.3, -0.25) is 4.57 Å². The minimum Gasteiger partial charge on any atom is -0.401 e. The maximum atomic E-state index is 14.1. The fourth-order valence-electron chi connectivity index (χ4n) is 2.84. The molecule has 1 aliphatic heterocycles. The van der Waals surface area contributed by atoms with E-state index >= 15 is 0 Å². The smallest absolute Gasteiger partial charge is 0.247 e. The summed E-state index contributed by atoms with van der Waals surface area (Å²) in [6.45, 7) is 12.9. The van der Waals surface area contributed by atoms with Crippen molar-refractivity contribution in [2.45, 2.75) is 51.2 Å². The van der Waals surface area contributed by atoms with Crippen LogP contribution in [0.25, 0.3) is 0 Å². The minimum atomic E-state index is -2.81. The van der Waals surface area contributed by atoms with Crippen LogP contribution in [0.3, 0.4) is 0 Å². The third kappa shape index (κ3) is 3.71. The molecule has 0 spiro atoms. The molecule has 1 heterocycles. The molecule has 0 saturated carbocycles. The Bertz CT molecular complexity index is 587. The van der Waals surface area contributed by atoms with Crippen molar-refractivity contribution in [2.75, 3.05) is 27.2 Å². The maximum absolute atomic E-state index is 14.1. The van der Waals surface area contributed by atoms with Crippen LogP contribution in [0, 0.1) is 0 Å². The molecule has 0 aromatic heterocycles. The van der Waals surface area contributed by atoms with Crippen LogP contribution in [0.5, 0.6) is 0 Å². The highest BCUT2D eigenvalue weighted by Gasteiger charge is 2.49. The van der Waals surface area contributed by atoms with Gasteiger partial charge in [0, 0.05) is 13.1 Å². The zero-order valence-electron chi connectivity index (χ0n) is 16.2. The molecule has 24 heavy (non-hydrogen) atoms. The predicted molar refractivity (Wildman–Crippen MR) is 105 cm³/mol. The van der Waals surface area contributed by atoms with Crippen LogP contribution in [0.1, 0.15) is 38.6 Å². The van der Waals surface area contributed by atoms with Crippen LogP contribution in [-0.4, -0.2) is 44.8 Å². The van der Waals surface area contributed by atoms with Gasteiger partial charge in [-0.2, -0.15) is 0 Å². The molecule has 1 aromatic rings. The van der Waals surface area contributed by atoms with Gasteiger partial charge in [0.2, 0.25) is 7.44 Å². The molecule has 0 amide bonds. The summed E-state index contributed by atoms with van der Waals surface area (Å²) in [5, 5.41) is 0.0755. The second kappa shape index (κ2) is 7.04. The summed E-state index contributed by atoms with van der Waals surface area (Å²) >= 11 is 0. The Morgan fingerprint density at radius 3 is 2.04 bits per heavy atom. The maximum Gasteiger partial charge on any atom is 0.247 e. The first-order chi connectivity index (χ1) is 11.0. The molecule has 4 nitrogen and oxygen atoms in total. The second-order valence-electron chi connectivity index (χ2n) is 8.35. The molecule has 0 N–H and O–H groups in total. The van der Waals surface area contributed by atoms with E-state index in [0.717, 1.165) is 25.1 Å². The summed E-state index contributed by atoms with van der Waals surface area (Å²) in [7, 11) is -0.934. The lowest BCUT2D eigenvalue weighted by Gasteiger charge is -2.47. The third-order valence-corrected chi connectivity index (χ3v) is 13.6. The number of hydrogen-bond donors (Lipinski definition) is 0. The van der Waals surface area contributed by atoms with E-state index in [1.807, 2.05) is 53.8 Å². The summed E-state index contributed by atoms with van der Waals surface area (Å²) in [4.78, 5) is 0. The molecule has 6 heteroatoms. The van der Waals surface area contributed by atoms with Crippen molar-refractivity contribution in [3.63, 3.8) is 0 Å². The lowest BCUT2D eigenvalue weighted by molar-refractivity contribution is 0.212. The van der Waals surface area contributed by atoms with E-state index in [9.17, 15) is 4.57 Å². The Hall–Kier alpha value is -0.453. The molecule has 136 valence electrons. The van der Waals surface area contributed by atoms with E-state index in [1.54, 1.807) is 0 Å². The monoisotopic (exact) mass is 368 g/mol. The summed E-state index contributed by atoms with van der Waals surface area (Å²) in [5.41, 5.74) is 1.02. The number of hydrogen-bond acceptors (Lipinski definition) is 2. The van der Waals surface area contributed by atoms with Crippen LogP contribution in [0.4, 0.5) is 0 Å². The number of nitrogens with zero attached hydrogens (tertiary/aromatic N) is 2. The van der Waals surface area contributed by atoms with Crippen LogP contribution < -0.4 is 0 Å². The first-order valence-corrected chi connectivity index (χ1v) is 13.3. The van der Waals surface area contributed by atoms with Crippen molar-refractivity contribution in [2.24, 2.45) is 0 Å². The van der Waals surface area contributed by atoms with E-state index in [4.69, 9.17) is 4.43 Å². The van der Waals surface area contributed by atoms with Gasteiger partial charge in [-0.25, -0.2) is 9.34 Å². The first-order valence-electron chi connectivity index (χ1n) is 8.76. The summed E-state index contributed by atoms with van der Waals surface area (Å²) in [6.07, 6.45) is 1.04. The Kier molecular flexibility index (Phi) is 5.83. The van der Waals surface area contributed by atoms with Crippen molar-refractivity contribution in [3.8, 4) is 0 Å². The largest absolute Gasteiger partial charge is 0.401 e. The zero-order valence-corrected chi connectivity index (χ0v) is 18.1.